The average Bonchev–Trinajstić information content (AvgIpc) is 2.71. The molecular formula is C14H22N4. The van der Waals surface area contributed by atoms with Crippen LogP contribution in [0.1, 0.15) is 48.3 Å². The van der Waals surface area contributed by atoms with Crippen molar-refractivity contribution in [2.24, 2.45) is 5.73 Å². The lowest BCUT2D eigenvalue weighted by Crippen LogP contribution is -2.35. The highest BCUT2D eigenvalue weighted by atomic mass is 15.1. The first-order valence-electron chi connectivity index (χ1n) is 6.91. The van der Waals surface area contributed by atoms with Crippen LogP contribution in [-0.4, -0.2) is 41.0 Å². The van der Waals surface area contributed by atoms with Crippen LogP contribution < -0.4 is 5.73 Å². The van der Waals surface area contributed by atoms with E-state index in [0.717, 1.165) is 30.9 Å². The van der Waals surface area contributed by atoms with E-state index >= 15 is 0 Å². The fraction of sp³-hybridized carbons (Fsp3) is 0.714. The summed E-state index contributed by atoms with van der Waals surface area (Å²) >= 11 is 0. The van der Waals surface area contributed by atoms with Crippen molar-refractivity contribution >= 4 is 0 Å². The van der Waals surface area contributed by atoms with Gasteiger partial charge in [0.05, 0.1) is 0 Å². The van der Waals surface area contributed by atoms with Gasteiger partial charge in [0, 0.05) is 35.8 Å². The number of hydrogen-bond acceptors (Lipinski definition) is 4. The third-order valence-corrected chi connectivity index (χ3v) is 4.24. The second-order valence-electron chi connectivity index (χ2n) is 5.97. The van der Waals surface area contributed by atoms with Gasteiger partial charge in [-0.1, -0.05) is 0 Å². The molecule has 2 fully saturated rings. The van der Waals surface area contributed by atoms with Crippen LogP contribution >= 0.6 is 0 Å². The molecule has 1 aromatic heterocycles. The number of rotatable bonds is 2. The molecular weight excluding hydrogens is 224 g/mol. The minimum absolute atomic E-state index is 0.361. The lowest BCUT2D eigenvalue weighted by Gasteiger charge is -2.31. The Morgan fingerprint density at radius 3 is 2.67 bits per heavy atom. The molecule has 0 radical (unpaired) electrons. The second kappa shape index (κ2) is 4.59. The zero-order chi connectivity index (χ0) is 12.7. The Bertz CT molecular complexity index is 439. The van der Waals surface area contributed by atoms with Gasteiger partial charge < -0.3 is 10.6 Å². The van der Waals surface area contributed by atoms with E-state index in [9.17, 15) is 0 Å². The smallest absolute Gasteiger partial charge is 0.132 e. The van der Waals surface area contributed by atoms with Crippen LogP contribution in [0.25, 0.3) is 0 Å². The molecule has 98 valence electrons. The van der Waals surface area contributed by atoms with Crippen LogP contribution in [-0.2, 0) is 0 Å². The monoisotopic (exact) mass is 246 g/mol. The molecule has 2 heterocycles. The van der Waals surface area contributed by atoms with Gasteiger partial charge in [-0.25, -0.2) is 9.97 Å². The molecule has 1 aliphatic heterocycles. The SMILES string of the molecule is Cc1cc(C2CCN(C)C2)nc(C2CC(N)C2)n1. The molecule has 1 aromatic rings. The maximum atomic E-state index is 5.86. The summed E-state index contributed by atoms with van der Waals surface area (Å²) in [5, 5.41) is 0. The van der Waals surface area contributed by atoms with E-state index in [4.69, 9.17) is 10.7 Å². The van der Waals surface area contributed by atoms with Crippen molar-refractivity contribution < 1.29 is 0 Å². The zero-order valence-corrected chi connectivity index (χ0v) is 11.3. The highest BCUT2D eigenvalue weighted by Crippen LogP contribution is 2.35. The standard InChI is InChI=1S/C14H22N4/c1-9-5-13(10-3-4-18(2)8-10)17-14(16-9)11-6-12(15)7-11/h5,10-12H,3-4,6-8,15H2,1-2H3. The Labute approximate surface area is 109 Å². The fourth-order valence-electron chi connectivity index (χ4n) is 3.06. The lowest BCUT2D eigenvalue weighted by atomic mass is 9.80. The summed E-state index contributed by atoms with van der Waals surface area (Å²) in [5.74, 6) is 2.11. The van der Waals surface area contributed by atoms with Gasteiger partial charge in [-0.05, 0) is 45.8 Å². The molecule has 4 heteroatoms. The summed E-state index contributed by atoms with van der Waals surface area (Å²) in [6, 6.07) is 2.52. The van der Waals surface area contributed by atoms with Crippen LogP contribution in [0.15, 0.2) is 6.07 Å². The minimum atomic E-state index is 0.361. The van der Waals surface area contributed by atoms with Crippen LogP contribution in [0.2, 0.25) is 0 Å². The van der Waals surface area contributed by atoms with Gasteiger partial charge in [0.25, 0.3) is 0 Å². The van der Waals surface area contributed by atoms with Crippen molar-refractivity contribution in [1.82, 2.24) is 14.9 Å². The molecule has 18 heavy (non-hydrogen) atoms. The van der Waals surface area contributed by atoms with Crippen LogP contribution in [0.5, 0.6) is 0 Å². The van der Waals surface area contributed by atoms with E-state index in [1.807, 2.05) is 0 Å². The van der Waals surface area contributed by atoms with E-state index in [0.29, 0.717) is 17.9 Å². The molecule has 0 spiro atoms. The predicted molar refractivity (Wildman–Crippen MR) is 71.6 cm³/mol. The topological polar surface area (TPSA) is 55.0 Å². The summed E-state index contributed by atoms with van der Waals surface area (Å²) < 4.78 is 0. The van der Waals surface area contributed by atoms with Gasteiger partial charge in [-0.2, -0.15) is 0 Å². The van der Waals surface area contributed by atoms with E-state index in [1.165, 1.54) is 18.7 Å². The molecule has 0 aromatic carbocycles. The first-order valence-corrected chi connectivity index (χ1v) is 6.91. The van der Waals surface area contributed by atoms with E-state index in [1.54, 1.807) is 0 Å². The van der Waals surface area contributed by atoms with Gasteiger partial charge in [0.2, 0.25) is 0 Å². The molecule has 1 aliphatic carbocycles. The normalized spacial score (nSPS) is 32.5. The zero-order valence-electron chi connectivity index (χ0n) is 11.3. The molecule has 4 nitrogen and oxygen atoms in total. The fourth-order valence-corrected chi connectivity index (χ4v) is 3.06. The van der Waals surface area contributed by atoms with Crippen LogP contribution in [0.4, 0.5) is 0 Å². The van der Waals surface area contributed by atoms with Crippen molar-refractivity contribution in [3.8, 4) is 0 Å². The van der Waals surface area contributed by atoms with Crippen molar-refractivity contribution in [1.29, 1.82) is 0 Å². The van der Waals surface area contributed by atoms with Gasteiger partial charge >= 0.3 is 0 Å². The molecule has 1 unspecified atom stereocenters. The van der Waals surface area contributed by atoms with Crippen molar-refractivity contribution in [3.63, 3.8) is 0 Å². The molecule has 0 bridgehead atoms. The third kappa shape index (κ3) is 2.27. The van der Waals surface area contributed by atoms with E-state index in [2.05, 4.69) is 29.9 Å². The summed E-state index contributed by atoms with van der Waals surface area (Å²) in [5.41, 5.74) is 8.20. The van der Waals surface area contributed by atoms with Crippen molar-refractivity contribution in [3.05, 3.63) is 23.3 Å². The number of likely N-dealkylation sites (N-methyl/N-ethyl adjacent to an activating group) is 1. The summed E-state index contributed by atoms with van der Waals surface area (Å²) in [6.07, 6.45) is 3.32. The second-order valence-corrected chi connectivity index (χ2v) is 5.97. The Morgan fingerprint density at radius 1 is 1.28 bits per heavy atom. The van der Waals surface area contributed by atoms with Crippen molar-refractivity contribution in [2.75, 3.05) is 20.1 Å². The number of nitrogens with zero attached hydrogens (tertiary/aromatic N) is 3. The molecule has 2 aliphatic rings. The Kier molecular flexibility index (Phi) is 3.08. The van der Waals surface area contributed by atoms with Crippen molar-refractivity contribution in [2.45, 2.75) is 44.1 Å². The Hall–Kier alpha value is -1.00. The first-order chi connectivity index (χ1) is 8.61. The number of nitrogens with two attached hydrogens (primary N) is 1. The summed E-state index contributed by atoms with van der Waals surface area (Å²) in [6.45, 7) is 4.38. The van der Waals surface area contributed by atoms with E-state index < -0.39 is 0 Å². The predicted octanol–water partition coefficient (Wildman–Crippen LogP) is 1.41. The molecule has 3 rings (SSSR count). The summed E-state index contributed by atoms with van der Waals surface area (Å²) in [7, 11) is 2.18. The number of likely N-dealkylation sites (tertiary alicyclic amines) is 1. The van der Waals surface area contributed by atoms with Crippen LogP contribution in [0, 0.1) is 6.92 Å². The molecule has 2 N–H and O–H groups in total. The maximum absolute atomic E-state index is 5.86. The van der Waals surface area contributed by atoms with Gasteiger partial charge in [0.1, 0.15) is 5.82 Å². The molecule has 0 amide bonds. The lowest BCUT2D eigenvalue weighted by molar-refractivity contribution is 0.336. The molecule has 1 saturated carbocycles. The maximum Gasteiger partial charge on any atom is 0.132 e. The van der Waals surface area contributed by atoms with E-state index in [-0.39, 0.29) is 0 Å². The Morgan fingerprint density at radius 2 is 2.06 bits per heavy atom. The number of aromatic nitrogens is 2. The Balaban J connectivity index is 1.82. The number of hydrogen-bond donors (Lipinski definition) is 1. The minimum Gasteiger partial charge on any atom is -0.328 e. The molecule has 1 saturated heterocycles. The highest BCUT2D eigenvalue weighted by molar-refractivity contribution is 5.19. The first kappa shape index (κ1) is 12.1. The van der Waals surface area contributed by atoms with Gasteiger partial charge in [-0.15, -0.1) is 0 Å². The third-order valence-electron chi connectivity index (χ3n) is 4.24. The summed E-state index contributed by atoms with van der Waals surface area (Å²) in [4.78, 5) is 11.8. The quantitative estimate of drug-likeness (QED) is 0.857. The average molecular weight is 246 g/mol. The molecule has 1 atom stereocenters. The van der Waals surface area contributed by atoms with Gasteiger partial charge in [0.15, 0.2) is 0 Å². The number of aryl methyl sites for hydroxylation is 1. The highest BCUT2D eigenvalue weighted by Gasteiger charge is 2.31. The van der Waals surface area contributed by atoms with Crippen LogP contribution in [0.3, 0.4) is 0 Å². The van der Waals surface area contributed by atoms with Gasteiger partial charge in [-0.3, -0.25) is 0 Å². The largest absolute Gasteiger partial charge is 0.328 e.